The molecule has 5 rings (SSSR count). The van der Waals surface area contributed by atoms with Crippen LogP contribution < -0.4 is 26.6 Å². The molecule has 1 aromatic heterocycles. The first-order chi connectivity index (χ1) is 16.6. The molecule has 3 fully saturated rings. The third-order valence-corrected chi connectivity index (χ3v) is 7.03. The minimum Gasteiger partial charge on any atom is -0.364 e. The number of rotatable bonds is 6. The van der Waals surface area contributed by atoms with Crippen LogP contribution in [0.5, 0.6) is 0 Å². The van der Waals surface area contributed by atoms with Crippen molar-refractivity contribution in [3.8, 4) is 0 Å². The highest BCUT2D eigenvalue weighted by molar-refractivity contribution is 5.96. The van der Waals surface area contributed by atoms with Crippen LogP contribution in [0.25, 0.3) is 0 Å². The third kappa shape index (κ3) is 4.77. The van der Waals surface area contributed by atoms with Crippen LogP contribution in [0.4, 0.5) is 22.1 Å². The summed E-state index contributed by atoms with van der Waals surface area (Å²) in [7, 11) is 0. The highest BCUT2D eigenvalue weighted by atomic mass is 16.2. The number of benzene rings is 1. The standard InChI is InChI=1S/C24H32N8O2/c25-22(33)21-23(29-18-5-3-16(4-6-18)17-7-9-26-10-8-17)30-20(14-28-21)31-12-1-2-19(15-31)32-13-11-27-24(32)34/h3-6,14,17,19,26H,1-2,7-13,15H2,(H2,25,33)(H,27,34)(H,29,30)/t19-/m1/s1. The summed E-state index contributed by atoms with van der Waals surface area (Å²) in [5.74, 6) is 0.964. The highest BCUT2D eigenvalue weighted by Crippen LogP contribution is 2.28. The van der Waals surface area contributed by atoms with Crippen LogP contribution in [0.15, 0.2) is 30.5 Å². The van der Waals surface area contributed by atoms with Crippen molar-refractivity contribution < 1.29 is 9.59 Å². The summed E-state index contributed by atoms with van der Waals surface area (Å²) in [6.45, 7) is 5.02. The van der Waals surface area contributed by atoms with Crippen molar-refractivity contribution in [1.82, 2.24) is 25.5 Å². The molecule has 3 aliphatic rings. The molecule has 0 radical (unpaired) electrons. The van der Waals surface area contributed by atoms with E-state index < -0.39 is 5.91 Å². The van der Waals surface area contributed by atoms with Crippen LogP contribution in [0.3, 0.4) is 0 Å². The Morgan fingerprint density at radius 1 is 1.09 bits per heavy atom. The first-order valence-electron chi connectivity index (χ1n) is 12.1. The lowest BCUT2D eigenvalue weighted by Crippen LogP contribution is -2.49. The zero-order chi connectivity index (χ0) is 23.5. The van der Waals surface area contributed by atoms with Crippen LogP contribution in [0.1, 0.15) is 47.7 Å². The number of carbonyl (C=O) groups is 2. The minimum absolute atomic E-state index is 0.00250. The van der Waals surface area contributed by atoms with E-state index in [9.17, 15) is 9.59 Å². The predicted molar refractivity (Wildman–Crippen MR) is 130 cm³/mol. The molecule has 1 aromatic carbocycles. The van der Waals surface area contributed by atoms with Crippen molar-refractivity contribution in [2.24, 2.45) is 5.73 Å². The normalized spacial score (nSPS) is 21.4. The molecule has 10 nitrogen and oxygen atoms in total. The maximum atomic E-state index is 12.1. The van der Waals surface area contributed by atoms with Gasteiger partial charge >= 0.3 is 6.03 Å². The number of piperidine rings is 2. The maximum absolute atomic E-state index is 12.1. The average Bonchev–Trinajstić information content (AvgIpc) is 3.31. The Morgan fingerprint density at radius 3 is 2.59 bits per heavy atom. The van der Waals surface area contributed by atoms with Gasteiger partial charge in [-0.2, -0.15) is 0 Å². The number of hydrogen-bond acceptors (Lipinski definition) is 7. The molecule has 0 aliphatic carbocycles. The number of urea groups is 1. The van der Waals surface area contributed by atoms with Crippen molar-refractivity contribution in [3.05, 3.63) is 41.7 Å². The molecule has 0 unspecified atom stereocenters. The first kappa shape index (κ1) is 22.4. The lowest BCUT2D eigenvalue weighted by atomic mass is 9.90. The van der Waals surface area contributed by atoms with Crippen LogP contribution >= 0.6 is 0 Å². The molecule has 3 aliphatic heterocycles. The van der Waals surface area contributed by atoms with Crippen molar-refractivity contribution in [1.29, 1.82) is 0 Å². The van der Waals surface area contributed by atoms with Crippen molar-refractivity contribution in [3.63, 3.8) is 0 Å². The Balaban J connectivity index is 1.33. The molecule has 0 saturated carbocycles. The smallest absolute Gasteiger partial charge is 0.317 e. The van der Waals surface area contributed by atoms with Gasteiger partial charge in [0.25, 0.3) is 5.91 Å². The predicted octanol–water partition coefficient (Wildman–Crippen LogP) is 1.78. The molecule has 0 bridgehead atoms. The van der Waals surface area contributed by atoms with E-state index in [-0.39, 0.29) is 17.8 Å². The summed E-state index contributed by atoms with van der Waals surface area (Å²) in [6.07, 6.45) is 5.79. The Labute approximate surface area is 199 Å². The fourth-order valence-corrected chi connectivity index (χ4v) is 5.18. The van der Waals surface area contributed by atoms with Gasteiger partial charge in [0.05, 0.1) is 12.2 Å². The molecular formula is C24H32N8O2. The second-order valence-corrected chi connectivity index (χ2v) is 9.23. The minimum atomic E-state index is -0.627. The first-order valence-corrected chi connectivity index (χ1v) is 12.1. The fourth-order valence-electron chi connectivity index (χ4n) is 5.18. The average molecular weight is 465 g/mol. The summed E-state index contributed by atoms with van der Waals surface area (Å²) >= 11 is 0. The van der Waals surface area contributed by atoms with E-state index in [0.29, 0.717) is 30.6 Å². The quantitative estimate of drug-likeness (QED) is 0.513. The van der Waals surface area contributed by atoms with E-state index in [0.717, 1.165) is 57.5 Å². The van der Waals surface area contributed by atoms with Gasteiger partial charge in [-0.05, 0) is 62.4 Å². The van der Waals surface area contributed by atoms with Gasteiger partial charge in [-0.1, -0.05) is 12.1 Å². The number of primary amides is 1. The SMILES string of the molecule is NC(=O)c1ncc(N2CCC[C@@H](N3CCNC3=O)C2)nc1Nc1ccc(C2CCNCC2)cc1. The van der Waals surface area contributed by atoms with Crippen molar-refractivity contribution in [2.75, 3.05) is 49.5 Å². The van der Waals surface area contributed by atoms with E-state index >= 15 is 0 Å². The van der Waals surface area contributed by atoms with Gasteiger partial charge in [0.1, 0.15) is 5.82 Å². The zero-order valence-electron chi connectivity index (χ0n) is 19.3. The summed E-state index contributed by atoms with van der Waals surface area (Å²) in [6, 6.07) is 8.43. The second-order valence-electron chi connectivity index (χ2n) is 9.23. The van der Waals surface area contributed by atoms with E-state index in [4.69, 9.17) is 10.7 Å². The molecule has 5 N–H and O–H groups in total. The number of anilines is 3. The Hall–Kier alpha value is -3.40. The van der Waals surface area contributed by atoms with E-state index in [2.05, 4.69) is 38.0 Å². The number of hydrogen-bond donors (Lipinski definition) is 4. The molecule has 4 heterocycles. The summed E-state index contributed by atoms with van der Waals surface area (Å²) in [4.78, 5) is 37.3. The van der Waals surface area contributed by atoms with E-state index in [1.807, 2.05) is 17.0 Å². The van der Waals surface area contributed by atoms with Crippen molar-refractivity contribution >= 4 is 29.3 Å². The molecule has 3 amide bonds. The summed E-state index contributed by atoms with van der Waals surface area (Å²) in [5, 5.41) is 9.53. The van der Waals surface area contributed by atoms with E-state index in [1.54, 1.807) is 6.20 Å². The molecule has 3 saturated heterocycles. The van der Waals surface area contributed by atoms with Gasteiger partial charge < -0.3 is 31.5 Å². The van der Waals surface area contributed by atoms with Gasteiger partial charge in [-0.3, -0.25) is 4.79 Å². The zero-order valence-corrected chi connectivity index (χ0v) is 19.3. The molecular weight excluding hydrogens is 432 g/mol. The van der Waals surface area contributed by atoms with Gasteiger partial charge in [0, 0.05) is 31.9 Å². The number of aromatic nitrogens is 2. The molecule has 10 heteroatoms. The molecule has 1 atom stereocenters. The number of amides is 3. The highest BCUT2D eigenvalue weighted by Gasteiger charge is 2.32. The Kier molecular flexibility index (Phi) is 6.48. The summed E-state index contributed by atoms with van der Waals surface area (Å²) < 4.78 is 0. The number of nitrogens with one attached hydrogen (secondary N) is 3. The van der Waals surface area contributed by atoms with Crippen LogP contribution in [-0.2, 0) is 0 Å². The van der Waals surface area contributed by atoms with Gasteiger partial charge in [-0.25, -0.2) is 14.8 Å². The van der Waals surface area contributed by atoms with E-state index in [1.165, 1.54) is 5.56 Å². The number of nitrogens with zero attached hydrogens (tertiary/aromatic N) is 4. The topological polar surface area (TPSA) is 129 Å². The Bertz CT molecular complexity index is 1040. The van der Waals surface area contributed by atoms with Gasteiger partial charge in [0.15, 0.2) is 11.5 Å². The maximum Gasteiger partial charge on any atom is 0.317 e. The monoisotopic (exact) mass is 464 g/mol. The van der Waals surface area contributed by atoms with Crippen LogP contribution in [-0.4, -0.2) is 72.1 Å². The third-order valence-electron chi connectivity index (χ3n) is 7.03. The Morgan fingerprint density at radius 2 is 1.88 bits per heavy atom. The summed E-state index contributed by atoms with van der Waals surface area (Å²) in [5.41, 5.74) is 7.85. The fraction of sp³-hybridized carbons (Fsp3) is 0.500. The largest absolute Gasteiger partial charge is 0.364 e. The lowest BCUT2D eigenvalue weighted by Gasteiger charge is -2.37. The number of carbonyl (C=O) groups excluding carboxylic acids is 2. The van der Waals surface area contributed by atoms with Crippen LogP contribution in [0, 0.1) is 0 Å². The lowest BCUT2D eigenvalue weighted by molar-refractivity contribution is 0.0996. The second kappa shape index (κ2) is 9.84. The van der Waals surface area contributed by atoms with Crippen LogP contribution in [0.2, 0.25) is 0 Å². The van der Waals surface area contributed by atoms with Gasteiger partial charge in [-0.15, -0.1) is 0 Å². The molecule has 0 spiro atoms. The molecule has 34 heavy (non-hydrogen) atoms. The molecule has 2 aromatic rings. The van der Waals surface area contributed by atoms with Gasteiger partial charge in [0.2, 0.25) is 0 Å². The number of nitrogens with two attached hydrogens (primary N) is 1. The van der Waals surface area contributed by atoms with Crippen molar-refractivity contribution in [2.45, 2.75) is 37.6 Å². The molecule has 180 valence electrons.